The van der Waals surface area contributed by atoms with E-state index in [0.717, 1.165) is 35.6 Å². The lowest BCUT2D eigenvalue weighted by molar-refractivity contribution is 0.313. The highest BCUT2D eigenvalue weighted by molar-refractivity contribution is 8.07. The predicted octanol–water partition coefficient (Wildman–Crippen LogP) is 5.93. The van der Waals surface area contributed by atoms with Gasteiger partial charge >= 0.3 is 0 Å². The summed E-state index contributed by atoms with van der Waals surface area (Å²) in [6, 6.07) is 0. The van der Waals surface area contributed by atoms with Crippen LogP contribution in [0.2, 0.25) is 0 Å². The van der Waals surface area contributed by atoms with Crippen LogP contribution in [0.15, 0.2) is 29.0 Å². The van der Waals surface area contributed by atoms with Crippen LogP contribution in [0.4, 0.5) is 0 Å². The minimum Gasteiger partial charge on any atom is -0.329 e. The number of hydrogen-bond donors (Lipinski definition) is 2. The summed E-state index contributed by atoms with van der Waals surface area (Å²) in [5, 5.41) is 1.12. The maximum Gasteiger partial charge on any atom is 0.0904 e. The number of allylic oxidation sites excluding steroid dienone is 4. The number of nitrogens with zero attached hydrogens (tertiary/aromatic N) is 1. The second-order valence-electron chi connectivity index (χ2n) is 7.47. The van der Waals surface area contributed by atoms with Crippen molar-refractivity contribution >= 4 is 40.8 Å². The Morgan fingerprint density at radius 1 is 1.42 bits per heavy atom. The van der Waals surface area contributed by atoms with Gasteiger partial charge in [-0.3, -0.25) is 0 Å². The summed E-state index contributed by atoms with van der Waals surface area (Å²) < 4.78 is 3.63. The Labute approximate surface area is 159 Å². The molecule has 0 saturated heterocycles. The van der Waals surface area contributed by atoms with E-state index < -0.39 is 0 Å². The molecule has 0 amide bonds. The van der Waals surface area contributed by atoms with E-state index in [0.29, 0.717) is 5.41 Å². The van der Waals surface area contributed by atoms with Crippen molar-refractivity contribution < 1.29 is 0 Å². The van der Waals surface area contributed by atoms with E-state index >= 15 is 0 Å². The van der Waals surface area contributed by atoms with Gasteiger partial charge in [0.1, 0.15) is 0 Å². The molecule has 2 heterocycles. The first-order chi connectivity index (χ1) is 11.3. The highest BCUT2D eigenvalue weighted by Gasteiger charge is 2.34. The van der Waals surface area contributed by atoms with Crippen molar-refractivity contribution in [2.75, 3.05) is 5.75 Å². The number of thiol groups is 1. The quantitative estimate of drug-likeness (QED) is 0.502. The van der Waals surface area contributed by atoms with Gasteiger partial charge in [0.2, 0.25) is 0 Å². The normalized spacial score (nSPS) is 20.0. The van der Waals surface area contributed by atoms with Gasteiger partial charge in [-0.15, -0.1) is 11.3 Å². The molecule has 1 aliphatic heterocycles. The average molecular weight is 379 g/mol. The first kappa shape index (κ1) is 18.2. The van der Waals surface area contributed by atoms with E-state index in [1.165, 1.54) is 38.7 Å². The van der Waals surface area contributed by atoms with Crippen molar-refractivity contribution in [2.45, 2.75) is 53.4 Å². The third-order valence-electron chi connectivity index (χ3n) is 4.66. The van der Waals surface area contributed by atoms with Crippen molar-refractivity contribution in [3.63, 3.8) is 0 Å². The maximum atomic E-state index is 4.75. The molecule has 0 unspecified atom stereocenters. The second-order valence-corrected chi connectivity index (χ2v) is 9.94. The molecule has 1 aliphatic carbocycles. The molecule has 130 valence electrons. The van der Waals surface area contributed by atoms with Crippen LogP contribution in [-0.2, 0) is 6.42 Å². The fourth-order valence-electron chi connectivity index (χ4n) is 3.47. The Kier molecular flexibility index (Phi) is 5.24. The van der Waals surface area contributed by atoms with Crippen LogP contribution in [-0.4, -0.2) is 10.7 Å². The standard InChI is InChI=1S/C19H26N2S3/c1-11(2)16-13-10-19(4,5)8-6-14(13)21-24-18(16)17-15(7-9-22)20-12(3)23-17/h21-22H,1,6-10H2,2-5H3. The summed E-state index contributed by atoms with van der Waals surface area (Å²) in [5.41, 5.74) is 6.91. The Morgan fingerprint density at radius 3 is 2.83 bits per heavy atom. The monoisotopic (exact) mass is 378 g/mol. The maximum absolute atomic E-state index is 4.75. The molecular formula is C19H26N2S3. The van der Waals surface area contributed by atoms with Crippen LogP contribution in [0.25, 0.3) is 4.91 Å². The van der Waals surface area contributed by atoms with Gasteiger partial charge in [-0.05, 0) is 79.4 Å². The summed E-state index contributed by atoms with van der Waals surface area (Å²) in [6.45, 7) is 13.3. The highest BCUT2D eigenvalue weighted by atomic mass is 32.2. The van der Waals surface area contributed by atoms with Crippen LogP contribution in [0.3, 0.4) is 0 Å². The minimum atomic E-state index is 0.353. The number of aromatic nitrogens is 1. The summed E-state index contributed by atoms with van der Waals surface area (Å²) in [4.78, 5) is 7.36. The van der Waals surface area contributed by atoms with Crippen molar-refractivity contribution in [3.8, 4) is 0 Å². The number of aryl methyl sites for hydroxylation is 2. The third kappa shape index (κ3) is 3.49. The Balaban J connectivity index is 2.15. The number of hydrogen-bond acceptors (Lipinski definition) is 5. The van der Waals surface area contributed by atoms with Gasteiger partial charge in [0.05, 0.1) is 20.5 Å². The van der Waals surface area contributed by atoms with Gasteiger partial charge in [-0.2, -0.15) is 12.6 Å². The molecule has 0 aromatic carbocycles. The Bertz CT molecular complexity index is 738. The lowest BCUT2D eigenvalue weighted by Crippen LogP contribution is -2.26. The zero-order valence-electron chi connectivity index (χ0n) is 15.0. The molecule has 0 radical (unpaired) electrons. The SMILES string of the molecule is C=C(C)C1=C(c2sc(C)nc2CCS)SNC2=C1CC(C)(C)CC2. The largest absolute Gasteiger partial charge is 0.329 e. The zero-order chi connectivity index (χ0) is 17.5. The fourth-order valence-corrected chi connectivity index (χ4v) is 5.91. The molecule has 3 rings (SSSR count). The van der Waals surface area contributed by atoms with E-state index in [-0.39, 0.29) is 0 Å². The Morgan fingerprint density at radius 2 is 2.17 bits per heavy atom. The van der Waals surface area contributed by atoms with Crippen molar-refractivity contribution in [1.29, 1.82) is 0 Å². The molecule has 1 aromatic rings. The smallest absolute Gasteiger partial charge is 0.0904 e. The molecule has 5 heteroatoms. The molecular weight excluding hydrogens is 352 g/mol. The topological polar surface area (TPSA) is 24.9 Å². The molecule has 0 atom stereocenters. The molecule has 1 aromatic heterocycles. The number of rotatable bonds is 4. The summed E-state index contributed by atoms with van der Waals surface area (Å²) in [7, 11) is 0. The predicted molar refractivity (Wildman–Crippen MR) is 112 cm³/mol. The number of thiazole rings is 1. The first-order valence-electron chi connectivity index (χ1n) is 8.45. The van der Waals surface area contributed by atoms with Crippen molar-refractivity contribution in [2.24, 2.45) is 5.41 Å². The van der Waals surface area contributed by atoms with Crippen molar-refractivity contribution in [1.82, 2.24) is 9.71 Å². The average Bonchev–Trinajstić information content (AvgIpc) is 2.85. The van der Waals surface area contributed by atoms with E-state index in [1.54, 1.807) is 23.3 Å². The van der Waals surface area contributed by atoms with E-state index in [9.17, 15) is 0 Å². The lowest BCUT2D eigenvalue weighted by atomic mass is 9.73. The van der Waals surface area contributed by atoms with Gasteiger partial charge in [-0.25, -0.2) is 4.98 Å². The summed E-state index contributed by atoms with van der Waals surface area (Å²) in [5.74, 6) is 0.824. The molecule has 0 saturated carbocycles. The second kappa shape index (κ2) is 6.93. The molecule has 2 aliphatic rings. The van der Waals surface area contributed by atoms with Crippen LogP contribution in [0.1, 0.15) is 55.6 Å². The Hall–Kier alpha value is -0.650. The van der Waals surface area contributed by atoms with Crippen LogP contribution in [0, 0.1) is 12.3 Å². The number of nitrogens with one attached hydrogen (secondary N) is 1. The van der Waals surface area contributed by atoms with Crippen LogP contribution < -0.4 is 4.72 Å². The summed E-state index contributed by atoms with van der Waals surface area (Å²) >= 11 is 7.95. The zero-order valence-corrected chi connectivity index (χ0v) is 17.5. The van der Waals surface area contributed by atoms with Gasteiger partial charge in [0.25, 0.3) is 0 Å². The van der Waals surface area contributed by atoms with Gasteiger partial charge in [-0.1, -0.05) is 20.4 Å². The molecule has 0 bridgehead atoms. The fraction of sp³-hybridized carbons (Fsp3) is 0.526. The third-order valence-corrected chi connectivity index (χ3v) is 7.01. The molecule has 0 fully saturated rings. The van der Waals surface area contributed by atoms with Crippen molar-refractivity contribution in [3.05, 3.63) is 44.6 Å². The minimum absolute atomic E-state index is 0.353. The van der Waals surface area contributed by atoms with E-state index in [1.807, 2.05) is 0 Å². The molecule has 24 heavy (non-hydrogen) atoms. The van der Waals surface area contributed by atoms with E-state index in [2.05, 4.69) is 51.6 Å². The summed E-state index contributed by atoms with van der Waals surface area (Å²) in [6.07, 6.45) is 4.39. The van der Waals surface area contributed by atoms with E-state index in [4.69, 9.17) is 4.98 Å². The first-order valence-corrected chi connectivity index (χ1v) is 10.7. The lowest BCUT2D eigenvalue weighted by Gasteiger charge is -2.37. The molecule has 1 N–H and O–H groups in total. The van der Waals surface area contributed by atoms with Gasteiger partial charge in [0, 0.05) is 5.70 Å². The van der Waals surface area contributed by atoms with Gasteiger partial charge < -0.3 is 4.72 Å². The highest BCUT2D eigenvalue weighted by Crippen LogP contribution is 2.50. The van der Waals surface area contributed by atoms with Crippen LogP contribution >= 0.6 is 35.9 Å². The molecule has 0 spiro atoms. The molecule has 2 nitrogen and oxygen atoms in total. The van der Waals surface area contributed by atoms with Gasteiger partial charge in [0.15, 0.2) is 0 Å². The van der Waals surface area contributed by atoms with Crippen LogP contribution in [0.5, 0.6) is 0 Å².